The Balaban J connectivity index is 3.78. The minimum absolute atomic E-state index is 0.324. The van der Waals surface area contributed by atoms with E-state index in [0.717, 1.165) is 18.2 Å². The summed E-state index contributed by atoms with van der Waals surface area (Å²) in [6, 6.07) is 0. The summed E-state index contributed by atoms with van der Waals surface area (Å²) < 4.78 is 5.15. The number of alkyl halides is 1. The van der Waals surface area contributed by atoms with Gasteiger partial charge in [0.2, 0.25) is 0 Å². The van der Waals surface area contributed by atoms with Crippen molar-refractivity contribution in [1.82, 2.24) is 5.32 Å². The van der Waals surface area contributed by atoms with Gasteiger partial charge in [-0.15, -0.1) is 0 Å². The standard InChI is InChI=1S/C11H22BrNO2/c1-5-9(6-7-12)8-13-10(14)15-11(2,3)4/h9H,5-8H2,1-4H3,(H,13,14). The van der Waals surface area contributed by atoms with E-state index >= 15 is 0 Å². The summed E-state index contributed by atoms with van der Waals surface area (Å²) in [4.78, 5) is 11.3. The van der Waals surface area contributed by atoms with Gasteiger partial charge in [-0.25, -0.2) is 4.79 Å². The van der Waals surface area contributed by atoms with Crippen LogP contribution in [0.3, 0.4) is 0 Å². The Morgan fingerprint density at radius 1 is 1.47 bits per heavy atom. The van der Waals surface area contributed by atoms with Crippen LogP contribution < -0.4 is 5.32 Å². The number of ether oxygens (including phenoxy) is 1. The number of halogens is 1. The van der Waals surface area contributed by atoms with Crippen LogP contribution in [0.4, 0.5) is 4.79 Å². The number of hydrogen-bond acceptors (Lipinski definition) is 2. The number of amides is 1. The first-order valence-corrected chi connectivity index (χ1v) is 6.54. The number of hydrogen-bond donors (Lipinski definition) is 1. The second kappa shape index (κ2) is 7.09. The molecule has 0 aliphatic carbocycles. The van der Waals surface area contributed by atoms with Gasteiger partial charge >= 0.3 is 6.09 Å². The highest BCUT2D eigenvalue weighted by Crippen LogP contribution is 2.10. The van der Waals surface area contributed by atoms with Gasteiger partial charge in [-0.1, -0.05) is 29.3 Å². The number of carbonyl (C=O) groups is 1. The normalized spacial score (nSPS) is 13.4. The molecule has 4 heteroatoms. The molecule has 0 aliphatic rings. The van der Waals surface area contributed by atoms with E-state index in [1.807, 2.05) is 20.8 Å². The van der Waals surface area contributed by atoms with Crippen LogP contribution in [-0.4, -0.2) is 23.6 Å². The maximum atomic E-state index is 11.3. The summed E-state index contributed by atoms with van der Waals surface area (Å²) in [5, 5.41) is 3.77. The second-order valence-corrected chi connectivity index (χ2v) is 5.43. The van der Waals surface area contributed by atoms with Gasteiger partial charge in [-0.3, -0.25) is 0 Å². The van der Waals surface area contributed by atoms with Crippen molar-refractivity contribution in [3.8, 4) is 0 Å². The first-order valence-electron chi connectivity index (χ1n) is 5.42. The van der Waals surface area contributed by atoms with Gasteiger partial charge in [-0.2, -0.15) is 0 Å². The van der Waals surface area contributed by atoms with Gasteiger partial charge in [0.25, 0.3) is 0 Å². The van der Waals surface area contributed by atoms with Crippen LogP contribution in [0, 0.1) is 5.92 Å². The minimum Gasteiger partial charge on any atom is -0.444 e. The maximum Gasteiger partial charge on any atom is 0.407 e. The fraction of sp³-hybridized carbons (Fsp3) is 0.909. The van der Waals surface area contributed by atoms with Gasteiger partial charge in [0.1, 0.15) is 5.60 Å². The van der Waals surface area contributed by atoms with E-state index in [1.54, 1.807) is 0 Å². The molecule has 0 radical (unpaired) electrons. The Kier molecular flexibility index (Phi) is 6.98. The van der Waals surface area contributed by atoms with E-state index in [-0.39, 0.29) is 6.09 Å². The number of alkyl carbamates (subject to hydrolysis) is 1. The molecule has 0 heterocycles. The molecule has 0 fully saturated rings. The van der Waals surface area contributed by atoms with Gasteiger partial charge in [0.05, 0.1) is 0 Å². The third-order valence-corrected chi connectivity index (χ3v) is 2.49. The zero-order chi connectivity index (χ0) is 11.9. The summed E-state index contributed by atoms with van der Waals surface area (Å²) in [5.41, 5.74) is -0.415. The summed E-state index contributed by atoms with van der Waals surface area (Å²) in [6.07, 6.45) is 1.82. The third kappa shape index (κ3) is 8.73. The molecule has 0 saturated heterocycles. The molecule has 90 valence electrons. The Bertz CT molecular complexity index is 190. The highest BCUT2D eigenvalue weighted by atomic mass is 79.9. The van der Waals surface area contributed by atoms with E-state index in [9.17, 15) is 4.79 Å². The van der Waals surface area contributed by atoms with E-state index in [4.69, 9.17) is 4.74 Å². The first kappa shape index (κ1) is 14.8. The average molecular weight is 280 g/mol. The fourth-order valence-electron chi connectivity index (χ4n) is 1.15. The van der Waals surface area contributed by atoms with Crippen molar-refractivity contribution < 1.29 is 9.53 Å². The number of rotatable bonds is 5. The second-order valence-electron chi connectivity index (χ2n) is 4.63. The average Bonchev–Trinajstić information content (AvgIpc) is 2.09. The molecule has 0 rings (SSSR count). The third-order valence-electron chi connectivity index (χ3n) is 2.03. The van der Waals surface area contributed by atoms with Crippen LogP contribution in [0.5, 0.6) is 0 Å². The van der Waals surface area contributed by atoms with E-state index in [0.29, 0.717) is 12.5 Å². The van der Waals surface area contributed by atoms with Crippen molar-refractivity contribution in [3.63, 3.8) is 0 Å². The molecular weight excluding hydrogens is 258 g/mol. The molecule has 0 spiro atoms. The molecule has 3 nitrogen and oxygen atoms in total. The van der Waals surface area contributed by atoms with E-state index in [1.165, 1.54) is 0 Å². The van der Waals surface area contributed by atoms with Gasteiger partial charge in [0, 0.05) is 11.9 Å². The molecule has 0 saturated carbocycles. The van der Waals surface area contributed by atoms with Gasteiger partial charge in [0.15, 0.2) is 0 Å². The summed E-state index contributed by atoms with van der Waals surface area (Å²) in [5.74, 6) is 0.525. The quantitative estimate of drug-likeness (QED) is 0.784. The van der Waals surface area contributed by atoms with E-state index < -0.39 is 5.60 Å². The monoisotopic (exact) mass is 279 g/mol. The molecule has 15 heavy (non-hydrogen) atoms. The summed E-state index contributed by atoms with van der Waals surface area (Å²) >= 11 is 3.40. The SMILES string of the molecule is CCC(CCBr)CNC(=O)OC(C)(C)C. The predicted octanol–water partition coefficient (Wildman–Crippen LogP) is 3.32. The highest BCUT2D eigenvalue weighted by molar-refractivity contribution is 9.09. The van der Waals surface area contributed by atoms with E-state index in [2.05, 4.69) is 28.2 Å². The largest absolute Gasteiger partial charge is 0.444 e. The van der Waals surface area contributed by atoms with Crippen LogP contribution in [0.1, 0.15) is 40.5 Å². The lowest BCUT2D eigenvalue weighted by atomic mass is 10.0. The molecule has 0 aliphatic heterocycles. The summed E-state index contributed by atoms with van der Waals surface area (Å²) in [6.45, 7) is 8.41. The molecule has 0 bridgehead atoms. The predicted molar refractivity (Wildman–Crippen MR) is 66.4 cm³/mol. The molecule has 1 unspecified atom stereocenters. The lowest BCUT2D eigenvalue weighted by Gasteiger charge is -2.21. The minimum atomic E-state index is -0.415. The fourth-order valence-corrected chi connectivity index (χ4v) is 1.79. The maximum absolute atomic E-state index is 11.3. The lowest BCUT2D eigenvalue weighted by molar-refractivity contribution is 0.0518. The van der Waals surface area contributed by atoms with Gasteiger partial charge < -0.3 is 10.1 Å². The first-order chi connectivity index (χ1) is 6.89. The molecule has 0 aromatic rings. The molecule has 0 aromatic carbocycles. The van der Waals surface area contributed by atoms with Crippen LogP contribution in [0.2, 0.25) is 0 Å². The van der Waals surface area contributed by atoms with Crippen molar-refractivity contribution in [2.45, 2.75) is 46.1 Å². The molecule has 1 N–H and O–H groups in total. The molecule has 1 atom stereocenters. The Morgan fingerprint density at radius 3 is 2.47 bits per heavy atom. The Morgan fingerprint density at radius 2 is 2.07 bits per heavy atom. The van der Waals surface area contributed by atoms with Crippen molar-refractivity contribution in [2.24, 2.45) is 5.92 Å². The van der Waals surface area contributed by atoms with Crippen molar-refractivity contribution in [3.05, 3.63) is 0 Å². The lowest BCUT2D eigenvalue weighted by Crippen LogP contribution is -2.35. The Labute approximate surface area is 101 Å². The molecular formula is C11H22BrNO2. The van der Waals surface area contributed by atoms with Crippen molar-refractivity contribution >= 4 is 22.0 Å². The van der Waals surface area contributed by atoms with Crippen molar-refractivity contribution in [1.29, 1.82) is 0 Å². The smallest absolute Gasteiger partial charge is 0.407 e. The van der Waals surface area contributed by atoms with Crippen LogP contribution in [0.15, 0.2) is 0 Å². The molecule has 1 amide bonds. The highest BCUT2D eigenvalue weighted by Gasteiger charge is 2.16. The van der Waals surface area contributed by atoms with Crippen LogP contribution in [0.25, 0.3) is 0 Å². The molecule has 0 aromatic heterocycles. The van der Waals surface area contributed by atoms with Gasteiger partial charge in [-0.05, 0) is 33.1 Å². The van der Waals surface area contributed by atoms with Crippen molar-refractivity contribution in [2.75, 3.05) is 11.9 Å². The zero-order valence-electron chi connectivity index (χ0n) is 10.1. The van der Waals surface area contributed by atoms with Crippen LogP contribution in [-0.2, 0) is 4.74 Å². The topological polar surface area (TPSA) is 38.3 Å². The Hall–Kier alpha value is -0.250. The van der Waals surface area contributed by atoms with Crippen LogP contribution >= 0.6 is 15.9 Å². The summed E-state index contributed by atoms with van der Waals surface area (Å²) in [7, 11) is 0. The zero-order valence-corrected chi connectivity index (χ0v) is 11.7. The number of nitrogens with one attached hydrogen (secondary N) is 1. The number of carbonyl (C=O) groups excluding carboxylic acids is 1.